The normalized spacial score (nSPS) is 16.6. The SMILES string of the molecule is CCCCCCCNC(=O)[C@@H]1CCCN(c2ccc(-c3ccc(C)cc3)nn2)C1. The first kappa shape index (κ1) is 21.3. The number of nitrogens with one attached hydrogen (secondary N) is 1. The first-order chi connectivity index (χ1) is 14.2. The van der Waals surface area contributed by atoms with Crippen molar-refractivity contribution in [2.75, 3.05) is 24.5 Å². The lowest BCUT2D eigenvalue weighted by Crippen LogP contribution is -2.43. The van der Waals surface area contributed by atoms with E-state index in [4.69, 9.17) is 0 Å². The molecular weight excluding hydrogens is 360 g/mol. The molecule has 29 heavy (non-hydrogen) atoms. The van der Waals surface area contributed by atoms with Crippen molar-refractivity contribution in [3.8, 4) is 11.3 Å². The zero-order valence-corrected chi connectivity index (χ0v) is 17.9. The van der Waals surface area contributed by atoms with E-state index in [0.717, 1.165) is 56.0 Å². The fourth-order valence-corrected chi connectivity index (χ4v) is 3.86. The molecule has 5 nitrogen and oxygen atoms in total. The number of rotatable bonds is 9. The maximum absolute atomic E-state index is 12.6. The van der Waals surface area contributed by atoms with Gasteiger partial charge >= 0.3 is 0 Å². The predicted molar refractivity (Wildman–Crippen MR) is 119 cm³/mol. The van der Waals surface area contributed by atoms with E-state index in [-0.39, 0.29) is 11.8 Å². The Morgan fingerprint density at radius 3 is 2.59 bits per heavy atom. The van der Waals surface area contributed by atoms with Gasteiger partial charge < -0.3 is 10.2 Å². The third kappa shape index (κ3) is 6.28. The van der Waals surface area contributed by atoms with Crippen LogP contribution in [0.3, 0.4) is 0 Å². The van der Waals surface area contributed by atoms with Gasteiger partial charge in [0.2, 0.25) is 5.91 Å². The standard InChI is InChI=1S/C24H34N4O/c1-3-4-5-6-7-16-25-24(29)21-9-8-17-28(18-21)23-15-14-22(26-27-23)20-12-10-19(2)11-13-20/h10-15,21H,3-9,16-18H2,1-2H3,(H,25,29)/t21-/m1/s1. The Bertz CT molecular complexity index is 757. The first-order valence-electron chi connectivity index (χ1n) is 11.1. The van der Waals surface area contributed by atoms with Crippen LogP contribution in [0.4, 0.5) is 5.82 Å². The van der Waals surface area contributed by atoms with Crippen LogP contribution in [0.25, 0.3) is 11.3 Å². The van der Waals surface area contributed by atoms with Crippen LogP contribution >= 0.6 is 0 Å². The molecule has 3 rings (SSSR count). The number of piperidine rings is 1. The van der Waals surface area contributed by atoms with Gasteiger partial charge in [-0.05, 0) is 38.3 Å². The van der Waals surface area contributed by atoms with Crippen LogP contribution in [-0.2, 0) is 4.79 Å². The Labute approximate surface area is 174 Å². The van der Waals surface area contributed by atoms with Gasteiger partial charge in [-0.25, -0.2) is 0 Å². The van der Waals surface area contributed by atoms with Crippen molar-refractivity contribution in [3.63, 3.8) is 0 Å². The van der Waals surface area contributed by atoms with Crippen LogP contribution in [0.2, 0.25) is 0 Å². The minimum atomic E-state index is 0.0398. The number of aromatic nitrogens is 2. The molecule has 0 bridgehead atoms. The van der Waals surface area contributed by atoms with Crippen molar-refractivity contribution in [1.82, 2.24) is 15.5 Å². The second-order valence-corrected chi connectivity index (χ2v) is 8.13. The van der Waals surface area contributed by atoms with Crippen LogP contribution in [0.15, 0.2) is 36.4 Å². The molecule has 1 atom stereocenters. The molecule has 0 spiro atoms. The van der Waals surface area contributed by atoms with Gasteiger partial charge in [-0.2, -0.15) is 0 Å². The van der Waals surface area contributed by atoms with Crippen LogP contribution in [0.1, 0.15) is 57.4 Å². The molecule has 0 aliphatic carbocycles. The number of amides is 1. The third-order valence-electron chi connectivity index (χ3n) is 5.69. The number of carbonyl (C=O) groups is 1. The van der Waals surface area contributed by atoms with E-state index in [1.165, 1.54) is 31.2 Å². The number of unbranched alkanes of at least 4 members (excludes halogenated alkanes) is 4. The summed E-state index contributed by atoms with van der Waals surface area (Å²) in [5.41, 5.74) is 3.18. The molecule has 1 saturated heterocycles. The van der Waals surface area contributed by atoms with Gasteiger partial charge in [0.1, 0.15) is 0 Å². The van der Waals surface area contributed by atoms with Crippen molar-refractivity contribution in [1.29, 1.82) is 0 Å². The number of hydrogen-bond acceptors (Lipinski definition) is 4. The molecule has 2 heterocycles. The highest BCUT2D eigenvalue weighted by Gasteiger charge is 2.26. The van der Waals surface area contributed by atoms with E-state index >= 15 is 0 Å². The van der Waals surface area contributed by atoms with Crippen molar-refractivity contribution in [3.05, 3.63) is 42.0 Å². The summed E-state index contributed by atoms with van der Waals surface area (Å²) >= 11 is 0. The second-order valence-electron chi connectivity index (χ2n) is 8.13. The van der Waals surface area contributed by atoms with E-state index in [1.807, 2.05) is 12.1 Å². The Kier molecular flexibility index (Phi) is 8.03. The quantitative estimate of drug-likeness (QED) is 0.623. The number of carbonyl (C=O) groups excluding carboxylic acids is 1. The highest BCUT2D eigenvalue weighted by molar-refractivity contribution is 5.79. The molecule has 1 aromatic carbocycles. The largest absolute Gasteiger partial charge is 0.356 e. The number of hydrogen-bond donors (Lipinski definition) is 1. The van der Waals surface area contributed by atoms with Gasteiger partial charge in [0.15, 0.2) is 5.82 Å². The predicted octanol–water partition coefficient (Wildman–Crippen LogP) is 4.76. The Hall–Kier alpha value is -2.43. The lowest BCUT2D eigenvalue weighted by atomic mass is 9.97. The molecule has 2 aromatic rings. The van der Waals surface area contributed by atoms with Gasteiger partial charge in [-0.15, -0.1) is 10.2 Å². The summed E-state index contributed by atoms with van der Waals surface area (Å²) in [6, 6.07) is 12.4. The van der Waals surface area contributed by atoms with E-state index < -0.39 is 0 Å². The summed E-state index contributed by atoms with van der Waals surface area (Å²) in [5, 5.41) is 12.0. The highest BCUT2D eigenvalue weighted by atomic mass is 16.1. The molecule has 1 aliphatic rings. The summed E-state index contributed by atoms with van der Waals surface area (Å²) in [4.78, 5) is 14.8. The molecule has 0 unspecified atom stereocenters. The molecule has 0 saturated carbocycles. The zero-order valence-electron chi connectivity index (χ0n) is 17.9. The average Bonchev–Trinajstić information content (AvgIpc) is 2.77. The van der Waals surface area contributed by atoms with Gasteiger partial charge in [0.25, 0.3) is 0 Å². The Morgan fingerprint density at radius 1 is 1.07 bits per heavy atom. The van der Waals surface area contributed by atoms with Crippen molar-refractivity contribution in [2.45, 2.75) is 58.8 Å². The van der Waals surface area contributed by atoms with Crippen molar-refractivity contribution < 1.29 is 4.79 Å². The molecule has 5 heteroatoms. The minimum Gasteiger partial charge on any atom is -0.356 e. The second kappa shape index (κ2) is 10.9. The molecule has 1 N–H and O–H groups in total. The Morgan fingerprint density at radius 2 is 1.86 bits per heavy atom. The summed E-state index contributed by atoms with van der Waals surface area (Å²) in [6.07, 6.45) is 8.04. The van der Waals surface area contributed by atoms with Gasteiger partial charge in [0, 0.05) is 25.2 Å². The van der Waals surface area contributed by atoms with E-state index in [2.05, 4.69) is 58.5 Å². The number of benzene rings is 1. The fraction of sp³-hybridized carbons (Fsp3) is 0.542. The van der Waals surface area contributed by atoms with E-state index in [9.17, 15) is 4.79 Å². The van der Waals surface area contributed by atoms with E-state index in [1.54, 1.807) is 0 Å². The lowest BCUT2D eigenvalue weighted by molar-refractivity contribution is -0.125. The average molecular weight is 395 g/mol. The first-order valence-corrected chi connectivity index (χ1v) is 11.1. The summed E-state index contributed by atoms with van der Waals surface area (Å²) in [5.74, 6) is 1.09. The maximum atomic E-state index is 12.6. The summed E-state index contributed by atoms with van der Waals surface area (Å²) in [6.45, 7) is 6.74. The monoisotopic (exact) mass is 394 g/mol. The maximum Gasteiger partial charge on any atom is 0.224 e. The van der Waals surface area contributed by atoms with Crippen LogP contribution in [0, 0.1) is 12.8 Å². The van der Waals surface area contributed by atoms with E-state index in [0.29, 0.717) is 0 Å². The van der Waals surface area contributed by atoms with Gasteiger partial charge in [-0.1, -0.05) is 62.4 Å². The van der Waals surface area contributed by atoms with Crippen LogP contribution < -0.4 is 10.2 Å². The summed E-state index contributed by atoms with van der Waals surface area (Å²) in [7, 11) is 0. The van der Waals surface area contributed by atoms with Crippen LogP contribution in [0.5, 0.6) is 0 Å². The summed E-state index contributed by atoms with van der Waals surface area (Å²) < 4.78 is 0. The number of anilines is 1. The molecule has 0 radical (unpaired) electrons. The molecule has 1 amide bonds. The molecule has 1 fully saturated rings. The highest BCUT2D eigenvalue weighted by Crippen LogP contribution is 2.23. The molecule has 156 valence electrons. The Balaban J connectivity index is 1.51. The topological polar surface area (TPSA) is 58.1 Å². The molecule has 1 aromatic heterocycles. The van der Waals surface area contributed by atoms with Gasteiger partial charge in [-0.3, -0.25) is 4.79 Å². The lowest BCUT2D eigenvalue weighted by Gasteiger charge is -2.32. The van der Waals surface area contributed by atoms with Crippen molar-refractivity contribution in [2.24, 2.45) is 5.92 Å². The zero-order chi connectivity index (χ0) is 20.5. The van der Waals surface area contributed by atoms with Crippen molar-refractivity contribution >= 4 is 11.7 Å². The molecule has 1 aliphatic heterocycles. The third-order valence-corrected chi connectivity index (χ3v) is 5.69. The van der Waals surface area contributed by atoms with Crippen LogP contribution in [-0.4, -0.2) is 35.7 Å². The minimum absolute atomic E-state index is 0.0398. The smallest absolute Gasteiger partial charge is 0.224 e. The molecular formula is C24H34N4O. The number of aryl methyl sites for hydroxylation is 1. The van der Waals surface area contributed by atoms with Gasteiger partial charge in [0.05, 0.1) is 11.6 Å². The number of nitrogens with zero attached hydrogens (tertiary/aromatic N) is 3. The fourth-order valence-electron chi connectivity index (χ4n) is 3.86.